The number of benzene rings is 1. The Bertz CT molecular complexity index is 718. The monoisotopic (exact) mass is 380 g/mol. The summed E-state index contributed by atoms with van der Waals surface area (Å²) in [6.07, 6.45) is 4.61. The molecule has 0 amide bonds. The summed E-state index contributed by atoms with van der Waals surface area (Å²) in [5, 5.41) is 14.3. The molecular formula is C19H22Cl2N2O2. The smallest absolute Gasteiger partial charge is 0.138 e. The number of ether oxygens (including phenoxy) is 1. The van der Waals surface area contributed by atoms with Gasteiger partial charge in [-0.05, 0) is 73.7 Å². The molecular weight excluding hydrogens is 359 g/mol. The molecule has 0 atom stereocenters. The molecule has 1 aromatic heterocycles. The first-order valence-corrected chi connectivity index (χ1v) is 9.19. The molecule has 1 aromatic carbocycles. The third-order valence-electron chi connectivity index (χ3n) is 4.73. The molecule has 4 nitrogen and oxygen atoms in total. The van der Waals surface area contributed by atoms with Crippen molar-refractivity contribution in [2.24, 2.45) is 5.41 Å². The predicted molar refractivity (Wildman–Crippen MR) is 100 cm³/mol. The number of rotatable bonds is 6. The summed E-state index contributed by atoms with van der Waals surface area (Å²) in [7, 11) is 0. The van der Waals surface area contributed by atoms with Crippen LogP contribution in [0.1, 0.15) is 24.1 Å². The van der Waals surface area contributed by atoms with Crippen LogP contribution in [-0.4, -0.2) is 29.8 Å². The predicted octanol–water partition coefficient (Wildman–Crippen LogP) is 3.87. The van der Waals surface area contributed by atoms with Crippen LogP contribution in [0.25, 0.3) is 0 Å². The van der Waals surface area contributed by atoms with E-state index in [2.05, 4.69) is 10.3 Å². The number of pyridine rings is 1. The highest BCUT2D eigenvalue weighted by Gasteiger charge is 2.31. The molecule has 2 aromatic rings. The summed E-state index contributed by atoms with van der Waals surface area (Å²) in [5.74, 6) is 0.587. The van der Waals surface area contributed by atoms with E-state index < -0.39 is 0 Å². The molecule has 134 valence electrons. The largest absolute Gasteiger partial charge is 0.486 e. The van der Waals surface area contributed by atoms with Gasteiger partial charge in [0.05, 0.1) is 10.7 Å². The Hall–Kier alpha value is -1.33. The van der Waals surface area contributed by atoms with Crippen molar-refractivity contribution in [1.82, 2.24) is 10.3 Å². The van der Waals surface area contributed by atoms with Crippen molar-refractivity contribution >= 4 is 23.2 Å². The molecule has 0 unspecified atom stereocenters. The summed E-state index contributed by atoms with van der Waals surface area (Å²) in [6.45, 7) is 2.46. The lowest BCUT2D eigenvalue weighted by Crippen LogP contribution is -2.40. The summed E-state index contributed by atoms with van der Waals surface area (Å²) < 4.78 is 5.76. The van der Waals surface area contributed by atoms with Crippen molar-refractivity contribution in [3.63, 3.8) is 0 Å². The molecule has 1 saturated heterocycles. The minimum Gasteiger partial charge on any atom is -0.486 e. The number of aromatic nitrogens is 1. The molecule has 6 heteroatoms. The van der Waals surface area contributed by atoms with E-state index in [0.717, 1.165) is 38.0 Å². The molecule has 1 fully saturated rings. The van der Waals surface area contributed by atoms with E-state index in [1.165, 1.54) is 5.56 Å². The molecule has 2 heterocycles. The topological polar surface area (TPSA) is 54.4 Å². The third-order valence-corrected chi connectivity index (χ3v) is 5.26. The Morgan fingerprint density at radius 1 is 1.16 bits per heavy atom. The van der Waals surface area contributed by atoms with E-state index in [4.69, 9.17) is 27.9 Å². The molecule has 0 spiro atoms. The number of halogens is 2. The van der Waals surface area contributed by atoms with Gasteiger partial charge in [-0.25, -0.2) is 0 Å². The minimum atomic E-state index is -0.0375. The van der Waals surface area contributed by atoms with E-state index in [1.54, 1.807) is 24.4 Å². The van der Waals surface area contributed by atoms with Gasteiger partial charge in [-0.15, -0.1) is 0 Å². The number of aliphatic hydroxyl groups is 1. The maximum absolute atomic E-state index is 9.88. The Balaban J connectivity index is 1.66. The molecule has 25 heavy (non-hydrogen) atoms. The Morgan fingerprint density at radius 3 is 2.68 bits per heavy atom. The highest BCUT2D eigenvalue weighted by atomic mass is 35.5. The maximum atomic E-state index is 9.88. The van der Waals surface area contributed by atoms with Gasteiger partial charge in [0.2, 0.25) is 0 Å². The first kappa shape index (κ1) is 18.5. The molecule has 1 aliphatic rings. The normalized spacial score (nSPS) is 16.6. The number of aliphatic hydroxyl groups excluding tert-OH is 1. The quantitative estimate of drug-likeness (QED) is 0.798. The summed E-state index contributed by atoms with van der Waals surface area (Å²) in [6, 6.07) is 9.21. The molecule has 0 bridgehead atoms. The van der Waals surface area contributed by atoms with Gasteiger partial charge in [0, 0.05) is 17.8 Å². The number of nitrogens with zero attached hydrogens (tertiary/aromatic N) is 1. The molecule has 1 aliphatic heterocycles. The van der Waals surface area contributed by atoms with Crippen LogP contribution < -0.4 is 10.1 Å². The van der Waals surface area contributed by atoms with E-state index in [1.807, 2.05) is 12.1 Å². The van der Waals surface area contributed by atoms with Gasteiger partial charge in [0.1, 0.15) is 12.4 Å². The van der Waals surface area contributed by atoms with Gasteiger partial charge >= 0.3 is 0 Å². The van der Waals surface area contributed by atoms with Gasteiger partial charge in [0.15, 0.2) is 0 Å². The van der Waals surface area contributed by atoms with Crippen LogP contribution >= 0.6 is 23.2 Å². The van der Waals surface area contributed by atoms with Crippen LogP contribution in [0.2, 0.25) is 10.0 Å². The van der Waals surface area contributed by atoms with Gasteiger partial charge in [-0.1, -0.05) is 23.2 Å². The first-order chi connectivity index (χ1) is 12.1. The first-order valence-electron chi connectivity index (χ1n) is 8.43. The highest BCUT2D eigenvalue weighted by Crippen LogP contribution is 2.32. The fraction of sp³-hybridized carbons (Fsp3) is 0.421. The zero-order valence-electron chi connectivity index (χ0n) is 14.0. The van der Waals surface area contributed by atoms with Crippen molar-refractivity contribution in [2.45, 2.75) is 25.9 Å². The van der Waals surface area contributed by atoms with Crippen molar-refractivity contribution in [2.75, 3.05) is 19.7 Å². The number of nitrogens with one attached hydrogen (secondary N) is 1. The molecule has 0 aliphatic carbocycles. The fourth-order valence-electron chi connectivity index (χ4n) is 3.24. The van der Waals surface area contributed by atoms with Crippen molar-refractivity contribution in [3.8, 4) is 5.75 Å². The second-order valence-electron chi connectivity index (χ2n) is 6.60. The van der Waals surface area contributed by atoms with Crippen LogP contribution in [0, 0.1) is 5.41 Å². The van der Waals surface area contributed by atoms with Crippen molar-refractivity contribution in [1.29, 1.82) is 0 Å². The van der Waals surface area contributed by atoms with Crippen LogP contribution in [0.5, 0.6) is 5.75 Å². The van der Waals surface area contributed by atoms with E-state index in [9.17, 15) is 5.11 Å². The van der Waals surface area contributed by atoms with Gasteiger partial charge in [-0.2, -0.15) is 0 Å². The second kappa shape index (κ2) is 8.37. The summed E-state index contributed by atoms with van der Waals surface area (Å²) in [5.41, 5.74) is 1.97. The van der Waals surface area contributed by atoms with Gasteiger partial charge in [0.25, 0.3) is 0 Å². The van der Waals surface area contributed by atoms with Crippen molar-refractivity contribution < 1.29 is 9.84 Å². The van der Waals surface area contributed by atoms with E-state index in [-0.39, 0.29) is 12.0 Å². The minimum absolute atomic E-state index is 0.0375. The molecule has 2 N–H and O–H groups in total. The number of piperidine rings is 1. The third kappa shape index (κ3) is 4.85. The standard InChI is InChI=1S/C19H22Cl2N2O2/c20-15-1-2-18(17(21)10-15)25-12-16-9-14(3-6-23-16)11-19(13-24)4-7-22-8-5-19/h1-3,6,9-10,22,24H,4-5,7-8,11-13H2. The summed E-state index contributed by atoms with van der Waals surface area (Å²) in [4.78, 5) is 4.37. The van der Waals surface area contributed by atoms with Gasteiger partial charge < -0.3 is 15.2 Å². The van der Waals surface area contributed by atoms with Gasteiger partial charge in [-0.3, -0.25) is 4.98 Å². The molecule has 0 saturated carbocycles. The lowest BCUT2D eigenvalue weighted by atomic mass is 9.75. The van der Waals surface area contributed by atoms with Crippen LogP contribution in [0.4, 0.5) is 0 Å². The van der Waals surface area contributed by atoms with Crippen LogP contribution in [-0.2, 0) is 13.0 Å². The SMILES string of the molecule is OCC1(Cc2ccnc(COc3ccc(Cl)cc3Cl)c2)CCNCC1. The molecule has 0 radical (unpaired) electrons. The van der Waals surface area contributed by atoms with E-state index >= 15 is 0 Å². The fourth-order valence-corrected chi connectivity index (χ4v) is 3.70. The number of hydrogen-bond donors (Lipinski definition) is 2. The summed E-state index contributed by atoms with van der Waals surface area (Å²) >= 11 is 12.0. The average Bonchev–Trinajstić information content (AvgIpc) is 2.62. The molecule has 3 rings (SSSR count). The van der Waals surface area contributed by atoms with Crippen LogP contribution in [0.15, 0.2) is 36.5 Å². The number of hydrogen-bond acceptors (Lipinski definition) is 4. The Labute approximate surface area is 158 Å². The Morgan fingerprint density at radius 2 is 1.96 bits per heavy atom. The lowest BCUT2D eigenvalue weighted by Gasteiger charge is -2.36. The zero-order valence-corrected chi connectivity index (χ0v) is 15.5. The maximum Gasteiger partial charge on any atom is 0.138 e. The second-order valence-corrected chi connectivity index (χ2v) is 7.45. The zero-order chi connectivity index (χ0) is 17.7. The lowest BCUT2D eigenvalue weighted by molar-refractivity contribution is 0.0892. The average molecular weight is 381 g/mol. The van der Waals surface area contributed by atoms with Crippen LogP contribution in [0.3, 0.4) is 0 Å². The van der Waals surface area contributed by atoms with Crippen molar-refractivity contribution in [3.05, 3.63) is 57.8 Å². The highest BCUT2D eigenvalue weighted by molar-refractivity contribution is 6.35. The van der Waals surface area contributed by atoms with E-state index in [0.29, 0.717) is 22.4 Å². The Kier molecular flexibility index (Phi) is 6.18.